The van der Waals surface area contributed by atoms with E-state index in [0.29, 0.717) is 15.8 Å². The topological polar surface area (TPSA) is 119 Å². The van der Waals surface area contributed by atoms with Crippen LogP contribution in [0.25, 0.3) is 6.08 Å². The standard InChI is InChI=1S/C29H22BrN3O7/c1-39-22-11-8-16(13-18(22)30)27(34)26-25-24(20-10-7-15-5-3-4-6-19(15)31(20)26)28(35)32(29(25)36)21-14-17(33(37)38)9-12-23(21)40-2/h3-14,20,24-26H,1-2H3. The molecular formula is C29H22BrN3O7. The number of nitro groups is 1. The summed E-state index contributed by atoms with van der Waals surface area (Å²) in [5, 5.41) is 11.5. The van der Waals surface area contributed by atoms with Crippen LogP contribution in [0.1, 0.15) is 15.9 Å². The van der Waals surface area contributed by atoms with Crippen molar-refractivity contribution in [1.82, 2.24) is 0 Å². The number of methoxy groups -OCH3 is 2. The fourth-order valence-electron chi connectivity index (χ4n) is 6.01. The molecule has 3 aliphatic rings. The maximum Gasteiger partial charge on any atom is 0.271 e. The van der Waals surface area contributed by atoms with E-state index < -0.39 is 40.7 Å². The number of ketones is 1. The molecule has 40 heavy (non-hydrogen) atoms. The molecule has 0 saturated carbocycles. The number of para-hydroxylation sites is 1. The van der Waals surface area contributed by atoms with Gasteiger partial charge in [0.05, 0.1) is 41.5 Å². The van der Waals surface area contributed by atoms with Gasteiger partial charge in [-0.05, 0) is 51.8 Å². The van der Waals surface area contributed by atoms with E-state index in [1.54, 1.807) is 18.2 Å². The van der Waals surface area contributed by atoms with Crippen LogP contribution in [0.15, 0.2) is 71.2 Å². The van der Waals surface area contributed by atoms with Crippen molar-refractivity contribution < 1.29 is 28.8 Å². The number of hydrogen-bond acceptors (Lipinski definition) is 8. The number of imide groups is 1. The van der Waals surface area contributed by atoms with Gasteiger partial charge in [-0.3, -0.25) is 24.5 Å². The van der Waals surface area contributed by atoms with Crippen molar-refractivity contribution in [1.29, 1.82) is 0 Å². The molecule has 4 atom stereocenters. The predicted molar refractivity (Wildman–Crippen MR) is 150 cm³/mol. The molecule has 2 fully saturated rings. The van der Waals surface area contributed by atoms with Crippen LogP contribution in [0.5, 0.6) is 11.5 Å². The number of halogens is 1. The highest BCUT2D eigenvalue weighted by molar-refractivity contribution is 9.10. The number of nitro benzene ring substituents is 1. The summed E-state index contributed by atoms with van der Waals surface area (Å²) < 4.78 is 11.2. The highest BCUT2D eigenvalue weighted by Gasteiger charge is 2.64. The fraction of sp³-hybridized carbons (Fsp3) is 0.207. The highest BCUT2D eigenvalue weighted by Crippen LogP contribution is 2.51. The van der Waals surface area contributed by atoms with Crippen molar-refractivity contribution >= 4 is 56.7 Å². The van der Waals surface area contributed by atoms with Crippen LogP contribution in [0.3, 0.4) is 0 Å². The molecule has 2 saturated heterocycles. The zero-order valence-electron chi connectivity index (χ0n) is 21.3. The molecule has 3 aromatic rings. The first kappa shape index (κ1) is 25.8. The first-order valence-electron chi connectivity index (χ1n) is 12.4. The minimum Gasteiger partial charge on any atom is -0.496 e. The summed E-state index contributed by atoms with van der Waals surface area (Å²) >= 11 is 3.43. The Hall–Kier alpha value is -4.51. The predicted octanol–water partition coefficient (Wildman–Crippen LogP) is 4.65. The van der Waals surface area contributed by atoms with Crippen LogP contribution in [-0.4, -0.2) is 48.8 Å². The first-order valence-corrected chi connectivity index (χ1v) is 13.2. The number of benzene rings is 3. The Morgan fingerprint density at radius 3 is 2.33 bits per heavy atom. The summed E-state index contributed by atoms with van der Waals surface area (Å²) in [5.41, 5.74) is 1.64. The van der Waals surface area contributed by atoms with Crippen LogP contribution >= 0.6 is 15.9 Å². The lowest BCUT2D eigenvalue weighted by Crippen LogP contribution is -2.48. The molecule has 4 unspecified atom stereocenters. The molecule has 0 radical (unpaired) electrons. The molecule has 3 aromatic carbocycles. The van der Waals surface area contributed by atoms with E-state index in [9.17, 15) is 24.5 Å². The van der Waals surface area contributed by atoms with Gasteiger partial charge in [0, 0.05) is 23.4 Å². The Balaban J connectivity index is 1.50. The molecule has 3 aliphatic heterocycles. The van der Waals surface area contributed by atoms with Gasteiger partial charge in [0.1, 0.15) is 23.2 Å². The molecule has 11 heteroatoms. The van der Waals surface area contributed by atoms with Crippen molar-refractivity contribution in [3.05, 3.63) is 92.5 Å². The van der Waals surface area contributed by atoms with Crippen LogP contribution in [0, 0.1) is 22.0 Å². The number of amides is 2. The van der Waals surface area contributed by atoms with Crippen LogP contribution in [0.4, 0.5) is 17.1 Å². The summed E-state index contributed by atoms with van der Waals surface area (Å²) in [6.07, 6.45) is 3.73. The third kappa shape index (κ3) is 3.72. The summed E-state index contributed by atoms with van der Waals surface area (Å²) in [4.78, 5) is 56.2. The molecule has 0 aromatic heterocycles. The number of ether oxygens (including phenoxy) is 2. The molecule has 10 nitrogen and oxygen atoms in total. The number of Topliss-reactive ketones (excluding diaryl/α,β-unsaturated/α-hetero) is 1. The second-order valence-corrected chi connectivity index (χ2v) is 10.5. The van der Waals surface area contributed by atoms with E-state index in [1.807, 2.05) is 41.3 Å². The molecule has 0 N–H and O–H groups in total. The van der Waals surface area contributed by atoms with Gasteiger partial charge in [0.2, 0.25) is 11.8 Å². The van der Waals surface area contributed by atoms with E-state index in [-0.39, 0.29) is 22.9 Å². The second kappa shape index (κ2) is 9.60. The van der Waals surface area contributed by atoms with Gasteiger partial charge < -0.3 is 14.4 Å². The first-order chi connectivity index (χ1) is 19.3. The number of anilines is 2. The number of fused-ring (bicyclic) bond motifs is 5. The molecule has 2 amide bonds. The average Bonchev–Trinajstić information content (AvgIpc) is 3.44. The lowest BCUT2D eigenvalue weighted by Gasteiger charge is -2.36. The summed E-state index contributed by atoms with van der Waals surface area (Å²) in [6, 6.07) is 14.6. The summed E-state index contributed by atoms with van der Waals surface area (Å²) in [7, 11) is 2.87. The zero-order chi connectivity index (χ0) is 28.3. The smallest absolute Gasteiger partial charge is 0.271 e. The maximum atomic E-state index is 14.2. The lowest BCUT2D eigenvalue weighted by atomic mass is 9.86. The normalized spacial score (nSPS) is 22.6. The number of non-ortho nitro benzene ring substituents is 1. The van der Waals surface area contributed by atoms with Crippen molar-refractivity contribution in [3.8, 4) is 11.5 Å². The van der Waals surface area contributed by atoms with Gasteiger partial charge in [-0.2, -0.15) is 0 Å². The van der Waals surface area contributed by atoms with Gasteiger partial charge in [-0.25, -0.2) is 4.90 Å². The fourth-order valence-corrected chi connectivity index (χ4v) is 6.55. The van der Waals surface area contributed by atoms with Gasteiger partial charge in [-0.1, -0.05) is 30.4 Å². The Morgan fingerprint density at radius 2 is 1.62 bits per heavy atom. The Labute approximate surface area is 237 Å². The van der Waals surface area contributed by atoms with Crippen molar-refractivity contribution in [3.63, 3.8) is 0 Å². The van der Waals surface area contributed by atoms with Crippen LogP contribution < -0.4 is 19.3 Å². The zero-order valence-corrected chi connectivity index (χ0v) is 22.9. The number of carbonyl (C=O) groups excluding carboxylic acids is 3. The van der Waals surface area contributed by atoms with Crippen LogP contribution in [-0.2, 0) is 9.59 Å². The number of nitrogens with zero attached hydrogens (tertiary/aromatic N) is 3. The molecule has 0 aliphatic carbocycles. The monoisotopic (exact) mass is 603 g/mol. The van der Waals surface area contributed by atoms with E-state index in [2.05, 4.69) is 15.9 Å². The van der Waals surface area contributed by atoms with Crippen molar-refractivity contribution in [2.45, 2.75) is 12.1 Å². The minimum absolute atomic E-state index is 0.0220. The lowest BCUT2D eigenvalue weighted by molar-refractivity contribution is -0.384. The van der Waals surface area contributed by atoms with Gasteiger partial charge in [-0.15, -0.1) is 0 Å². The molecule has 3 heterocycles. The maximum absolute atomic E-state index is 14.2. The van der Waals surface area contributed by atoms with Gasteiger partial charge in [0.25, 0.3) is 5.69 Å². The number of hydrogen-bond donors (Lipinski definition) is 0. The quantitative estimate of drug-likeness (QED) is 0.173. The van der Waals surface area contributed by atoms with E-state index in [1.165, 1.54) is 26.4 Å². The van der Waals surface area contributed by atoms with E-state index in [4.69, 9.17) is 9.47 Å². The minimum atomic E-state index is -1.04. The van der Waals surface area contributed by atoms with Gasteiger partial charge in [0.15, 0.2) is 5.78 Å². The van der Waals surface area contributed by atoms with Crippen molar-refractivity contribution in [2.24, 2.45) is 11.8 Å². The van der Waals surface area contributed by atoms with E-state index in [0.717, 1.165) is 22.2 Å². The van der Waals surface area contributed by atoms with E-state index >= 15 is 0 Å². The Morgan fingerprint density at radius 1 is 0.925 bits per heavy atom. The highest BCUT2D eigenvalue weighted by atomic mass is 79.9. The second-order valence-electron chi connectivity index (χ2n) is 9.65. The number of carbonyl (C=O) groups is 3. The Kier molecular flexibility index (Phi) is 6.18. The van der Waals surface area contributed by atoms with Gasteiger partial charge >= 0.3 is 0 Å². The molecule has 6 rings (SSSR count). The molecule has 0 spiro atoms. The third-order valence-electron chi connectivity index (χ3n) is 7.73. The third-order valence-corrected chi connectivity index (χ3v) is 8.35. The SMILES string of the molecule is COc1ccc(C(=O)C2C3C(=O)N(c4cc([N+](=O)[O-])ccc4OC)C(=O)C3C3C=Cc4ccccc4N32)cc1Br. The summed E-state index contributed by atoms with van der Waals surface area (Å²) in [6.45, 7) is 0. The largest absolute Gasteiger partial charge is 0.496 e. The van der Waals surface area contributed by atoms with Crippen LogP contribution in [0.2, 0.25) is 0 Å². The molecule has 0 bridgehead atoms. The number of rotatable bonds is 6. The molecular weight excluding hydrogens is 582 g/mol. The Bertz CT molecular complexity index is 1640. The average molecular weight is 604 g/mol. The summed E-state index contributed by atoms with van der Waals surface area (Å²) in [5.74, 6) is -2.74. The van der Waals surface area contributed by atoms with Crippen molar-refractivity contribution in [2.75, 3.05) is 24.0 Å². The molecule has 202 valence electrons.